The van der Waals surface area contributed by atoms with Crippen molar-refractivity contribution in [3.63, 3.8) is 0 Å². The Balaban J connectivity index is 1.61. The van der Waals surface area contributed by atoms with E-state index in [0.29, 0.717) is 6.61 Å². The van der Waals surface area contributed by atoms with Crippen LogP contribution in [0.15, 0.2) is 40.9 Å². The van der Waals surface area contributed by atoms with Crippen LogP contribution in [0, 0.1) is 5.82 Å². The van der Waals surface area contributed by atoms with Gasteiger partial charge >= 0.3 is 0 Å². The molecular formula is C16H14BrFO2. The molecule has 2 aromatic carbocycles. The second-order valence-corrected chi connectivity index (χ2v) is 5.63. The van der Waals surface area contributed by atoms with Gasteiger partial charge in [0.05, 0.1) is 13.2 Å². The van der Waals surface area contributed by atoms with Crippen molar-refractivity contribution in [1.82, 2.24) is 0 Å². The van der Waals surface area contributed by atoms with Gasteiger partial charge in [-0.25, -0.2) is 4.39 Å². The van der Waals surface area contributed by atoms with Crippen molar-refractivity contribution in [2.24, 2.45) is 0 Å². The first-order valence-electron chi connectivity index (χ1n) is 6.55. The van der Waals surface area contributed by atoms with Gasteiger partial charge in [-0.15, -0.1) is 0 Å². The summed E-state index contributed by atoms with van der Waals surface area (Å²) in [6.07, 6.45) is 1.71. The number of ether oxygens (including phenoxy) is 2. The molecule has 0 radical (unpaired) electrons. The van der Waals surface area contributed by atoms with Gasteiger partial charge in [0.25, 0.3) is 0 Å². The highest BCUT2D eigenvalue weighted by atomic mass is 79.9. The van der Waals surface area contributed by atoms with Crippen molar-refractivity contribution in [2.45, 2.75) is 12.8 Å². The smallest absolute Gasteiger partial charge is 0.165 e. The minimum atomic E-state index is -0.337. The molecule has 0 aromatic heterocycles. The van der Waals surface area contributed by atoms with Crippen molar-refractivity contribution in [1.29, 1.82) is 0 Å². The monoisotopic (exact) mass is 336 g/mol. The molecular weight excluding hydrogens is 323 g/mol. The molecule has 0 atom stereocenters. The first-order valence-corrected chi connectivity index (χ1v) is 7.34. The third-order valence-electron chi connectivity index (χ3n) is 3.30. The summed E-state index contributed by atoms with van der Waals surface area (Å²) >= 11 is 3.31. The van der Waals surface area contributed by atoms with E-state index in [1.165, 1.54) is 17.2 Å². The Hall–Kier alpha value is -1.55. The van der Waals surface area contributed by atoms with E-state index in [-0.39, 0.29) is 11.6 Å². The van der Waals surface area contributed by atoms with Crippen LogP contribution >= 0.6 is 15.9 Å². The molecule has 0 N–H and O–H groups in total. The van der Waals surface area contributed by atoms with E-state index in [9.17, 15) is 4.39 Å². The fourth-order valence-electron chi connectivity index (χ4n) is 2.26. The van der Waals surface area contributed by atoms with E-state index in [1.807, 2.05) is 12.1 Å². The van der Waals surface area contributed by atoms with Crippen LogP contribution in [0.1, 0.15) is 11.1 Å². The summed E-state index contributed by atoms with van der Waals surface area (Å²) in [6, 6.07) is 10.9. The summed E-state index contributed by atoms with van der Waals surface area (Å²) in [6.45, 7) is 1.21. The van der Waals surface area contributed by atoms with Crippen LogP contribution in [0.5, 0.6) is 11.5 Å². The molecule has 0 saturated heterocycles. The van der Waals surface area contributed by atoms with Gasteiger partial charge in [0.1, 0.15) is 5.75 Å². The van der Waals surface area contributed by atoms with Gasteiger partial charge in [-0.1, -0.05) is 28.1 Å². The van der Waals surface area contributed by atoms with Crippen molar-refractivity contribution < 1.29 is 13.9 Å². The lowest BCUT2D eigenvalue weighted by molar-refractivity contribution is 0.305. The zero-order valence-corrected chi connectivity index (χ0v) is 12.5. The highest BCUT2D eigenvalue weighted by Gasteiger charge is 2.12. The van der Waals surface area contributed by atoms with Gasteiger partial charge in [-0.3, -0.25) is 0 Å². The van der Waals surface area contributed by atoms with Crippen molar-refractivity contribution in [3.05, 3.63) is 57.8 Å². The van der Waals surface area contributed by atoms with Gasteiger partial charge < -0.3 is 9.47 Å². The van der Waals surface area contributed by atoms with E-state index in [4.69, 9.17) is 9.47 Å². The van der Waals surface area contributed by atoms with Gasteiger partial charge in [0, 0.05) is 17.3 Å². The Kier molecular flexibility index (Phi) is 3.92. The molecule has 4 heteroatoms. The molecule has 0 fully saturated rings. The van der Waals surface area contributed by atoms with Gasteiger partial charge in [0.15, 0.2) is 11.6 Å². The third-order valence-corrected chi connectivity index (χ3v) is 3.79. The van der Waals surface area contributed by atoms with Crippen molar-refractivity contribution >= 4 is 15.9 Å². The van der Waals surface area contributed by atoms with Crippen molar-refractivity contribution in [2.75, 3.05) is 13.2 Å². The molecule has 1 aliphatic heterocycles. The first kappa shape index (κ1) is 13.4. The van der Waals surface area contributed by atoms with E-state index in [0.717, 1.165) is 29.7 Å². The second-order valence-electron chi connectivity index (χ2n) is 4.71. The molecule has 104 valence electrons. The highest BCUT2D eigenvalue weighted by molar-refractivity contribution is 9.10. The zero-order chi connectivity index (χ0) is 13.9. The summed E-state index contributed by atoms with van der Waals surface area (Å²) in [4.78, 5) is 0. The molecule has 1 heterocycles. The number of benzene rings is 2. The van der Waals surface area contributed by atoms with Crippen LogP contribution in [0.3, 0.4) is 0 Å². The normalized spacial score (nSPS) is 12.9. The molecule has 20 heavy (non-hydrogen) atoms. The van der Waals surface area contributed by atoms with Crippen LogP contribution < -0.4 is 9.47 Å². The molecule has 2 nitrogen and oxygen atoms in total. The van der Waals surface area contributed by atoms with Gasteiger partial charge in [0.2, 0.25) is 0 Å². The molecule has 1 aliphatic rings. The largest absolute Gasteiger partial charge is 0.493 e. The minimum absolute atomic E-state index is 0.281. The average molecular weight is 337 g/mol. The maximum absolute atomic E-state index is 13.5. The van der Waals surface area contributed by atoms with E-state index >= 15 is 0 Å². The minimum Gasteiger partial charge on any atom is -0.493 e. The number of fused-ring (bicyclic) bond motifs is 1. The van der Waals surface area contributed by atoms with Crippen LogP contribution in [-0.2, 0) is 12.8 Å². The van der Waals surface area contributed by atoms with Crippen LogP contribution in [0.4, 0.5) is 4.39 Å². The van der Waals surface area contributed by atoms with E-state index < -0.39 is 0 Å². The molecule has 0 saturated carbocycles. The molecule has 3 rings (SSSR count). The zero-order valence-electron chi connectivity index (χ0n) is 10.9. The molecule has 0 amide bonds. The predicted octanol–water partition coefficient (Wildman–Crippen LogP) is 4.14. The average Bonchev–Trinajstić information content (AvgIpc) is 2.90. The molecule has 0 spiro atoms. The van der Waals surface area contributed by atoms with Crippen LogP contribution in [0.2, 0.25) is 0 Å². The third kappa shape index (κ3) is 2.96. The number of hydrogen-bond acceptors (Lipinski definition) is 2. The number of rotatable bonds is 4. The second kappa shape index (κ2) is 5.83. The maximum Gasteiger partial charge on any atom is 0.165 e. The maximum atomic E-state index is 13.5. The Morgan fingerprint density at radius 2 is 2.10 bits per heavy atom. The summed E-state index contributed by atoms with van der Waals surface area (Å²) in [7, 11) is 0. The van der Waals surface area contributed by atoms with E-state index in [1.54, 1.807) is 12.1 Å². The lowest BCUT2D eigenvalue weighted by Gasteiger charge is -2.08. The summed E-state index contributed by atoms with van der Waals surface area (Å²) in [5.41, 5.74) is 2.43. The summed E-state index contributed by atoms with van der Waals surface area (Å²) < 4.78 is 25.3. The SMILES string of the molecule is Fc1ccc(Br)cc1OCCc1ccc2c(c1)CCO2. The standard InChI is InChI=1S/C16H14BrFO2/c17-13-2-3-14(18)16(10-13)20-7-5-11-1-4-15-12(9-11)6-8-19-15/h1-4,9-10H,5-8H2. The fraction of sp³-hybridized carbons (Fsp3) is 0.250. The fourth-order valence-corrected chi connectivity index (χ4v) is 2.60. The molecule has 0 aliphatic carbocycles. The van der Waals surface area contributed by atoms with Crippen molar-refractivity contribution in [3.8, 4) is 11.5 Å². The van der Waals surface area contributed by atoms with Gasteiger partial charge in [-0.05, 0) is 35.4 Å². The summed E-state index contributed by atoms with van der Waals surface area (Å²) in [5.74, 6) is 0.923. The molecule has 0 bridgehead atoms. The number of hydrogen-bond donors (Lipinski definition) is 0. The van der Waals surface area contributed by atoms with Crippen LogP contribution in [0.25, 0.3) is 0 Å². The lowest BCUT2D eigenvalue weighted by Crippen LogP contribution is -2.03. The van der Waals surface area contributed by atoms with E-state index in [2.05, 4.69) is 22.0 Å². The molecule has 2 aromatic rings. The van der Waals surface area contributed by atoms with Crippen LogP contribution in [-0.4, -0.2) is 13.2 Å². The topological polar surface area (TPSA) is 18.5 Å². The number of halogens is 2. The Bertz CT molecular complexity index is 628. The Labute approximate surface area is 125 Å². The predicted molar refractivity (Wildman–Crippen MR) is 78.9 cm³/mol. The quantitative estimate of drug-likeness (QED) is 0.835. The van der Waals surface area contributed by atoms with Gasteiger partial charge in [-0.2, -0.15) is 0 Å². The highest BCUT2D eigenvalue weighted by Crippen LogP contribution is 2.26. The first-order chi connectivity index (χ1) is 9.72. The Morgan fingerprint density at radius 1 is 1.20 bits per heavy atom. The summed E-state index contributed by atoms with van der Waals surface area (Å²) in [5, 5.41) is 0. The molecule has 0 unspecified atom stereocenters. The lowest BCUT2D eigenvalue weighted by atomic mass is 10.1. The Morgan fingerprint density at radius 3 is 3.00 bits per heavy atom.